The van der Waals surface area contributed by atoms with Crippen molar-refractivity contribution in [3.63, 3.8) is 0 Å². The predicted molar refractivity (Wildman–Crippen MR) is 103 cm³/mol. The van der Waals surface area contributed by atoms with Gasteiger partial charge in [0.15, 0.2) is 5.82 Å². The first-order valence-electron chi connectivity index (χ1n) is 9.10. The van der Waals surface area contributed by atoms with E-state index in [1.165, 1.54) is 30.2 Å². The van der Waals surface area contributed by atoms with Gasteiger partial charge in [0, 0.05) is 19.4 Å². The van der Waals surface area contributed by atoms with E-state index >= 15 is 0 Å². The molecule has 0 aliphatic heterocycles. The summed E-state index contributed by atoms with van der Waals surface area (Å²) in [6, 6.07) is 0.898. The minimum Gasteiger partial charge on any atom is -0.462 e. The number of rotatable bonds is 6. The van der Waals surface area contributed by atoms with E-state index in [0.717, 1.165) is 12.3 Å². The fourth-order valence-electron chi connectivity index (χ4n) is 2.61. The van der Waals surface area contributed by atoms with Crippen molar-refractivity contribution in [3.8, 4) is 11.4 Å². The van der Waals surface area contributed by atoms with Gasteiger partial charge < -0.3 is 9.47 Å². The summed E-state index contributed by atoms with van der Waals surface area (Å²) >= 11 is 0. The lowest BCUT2D eigenvalue weighted by Crippen LogP contribution is -2.19. The molecule has 0 saturated heterocycles. The molecule has 10 nitrogen and oxygen atoms in total. The third-order valence-corrected chi connectivity index (χ3v) is 4.12. The number of aromatic nitrogens is 5. The molecule has 0 aliphatic carbocycles. The summed E-state index contributed by atoms with van der Waals surface area (Å²) in [5.41, 5.74) is 0.308. The smallest absolute Gasteiger partial charge is 0.413 e. The van der Waals surface area contributed by atoms with Crippen LogP contribution in [0.25, 0.3) is 11.4 Å². The number of nitrogens with zero attached hydrogens (tertiary/aromatic N) is 5. The summed E-state index contributed by atoms with van der Waals surface area (Å²) in [6.45, 7) is 3.27. The molecule has 3 aromatic heterocycles. The Morgan fingerprint density at radius 3 is 2.55 bits per heavy atom. The average Bonchev–Trinajstić information content (AvgIpc) is 3.10. The van der Waals surface area contributed by atoms with Crippen LogP contribution in [0.1, 0.15) is 35.9 Å². The number of hydrogen-bond donors (Lipinski definition) is 1. The second-order valence-electron chi connectivity index (χ2n) is 6.25. The van der Waals surface area contributed by atoms with Gasteiger partial charge in [0.25, 0.3) is 0 Å². The van der Waals surface area contributed by atoms with Crippen LogP contribution < -0.4 is 5.32 Å². The van der Waals surface area contributed by atoms with E-state index in [-0.39, 0.29) is 29.4 Å². The van der Waals surface area contributed by atoms with Crippen LogP contribution in [0.2, 0.25) is 0 Å². The molecule has 1 N–H and O–H groups in total. The summed E-state index contributed by atoms with van der Waals surface area (Å²) in [6.07, 6.45) is 2.66. The van der Waals surface area contributed by atoms with E-state index in [2.05, 4.69) is 25.4 Å². The van der Waals surface area contributed by atoms with Crippen molar-refractivity contribution in [1.82, 2.24) is 24.7 Å². The zero-order chi connectivity index (χ0) is 22.5. The van der Waals surface area contributed by atoms with Gasteiger partial charge in [-0.05, 0) is 19.9 Å². The lowest BCUT2D eigenvalue weighted by atomic mass is 10.2. The third kappa shape index (κ3) is 4.97. The number of nitrogens with one attached hydrogen (secondary N) is 1. The molecular weight excluding hydrogens is 414 g/mol. The number of hydrogen-bond acceptors (Lipinski definition) is 8. The number of esters is 1. The lowest BCUT2D eigenvalue weighted by Gasteiger charge is -2.15. The first-order valence-corrected chi connectivity index (χ1v) is 9.10. The maximum atomic E-state index is 13.8. The summed E-state index contributed by atoms with van der Waals surface area (Å²) in [7, 11) is 1.56. The molecule has 1 unspecified atom stereocenters. The summed E-state index contributed by atoms with van der Waals surface area (Å²) in [5.74, 6) is -1.89. The van der Waals surface area contributed by atoms with Crippen LogP contribution in [-0.2, 0) is 16.5 Å². The number of anilines is 1. The molecule has 0 aromatic carbocycles. The molecule has 0 aliphatic rings. The van der Waals surface area contributed by atoms with Gasteiger partial charge in [0.2, 0.25) is 5.95 Å². The van der Waals surface area contributed by atoms with Gasteiger partial charge in [-0.1, -0.05) is 0 Å². The Bertz CT molecular complexity index is 1100. The molecule has 3 aromatic rings. The Labute approximate surface area is 175 Å². The standard InChI is InChI=1S/C19H18F2N6O4/c1-4-30-18(28)11-6-23-16(24-7-11)14-9-25-27(3)17(14)26-19(29)31-10(2)13-5-12(20)8-22-15(13)21/h5-10H,4H2,1-3H3,(H,26,29). The van der Waals surface area contributed by atoms with Gasteiger partial charge in [0.05, 0.1) is 35.7 Å². The largest absolute Gasteiger partial charge is 0.462 e. The van der Waals surface area contributed by atoms with Crippen molar-refractivity contribution < 1.29 is 27.8 Å². The highest BCUT2D eigenvalue weighted by molar-refractivity contribution is 5.90. The Kier molecular flexibility index (Phi) is 6.48. The molecule has 0 radical (unpaired) electrons. The second-order valence-corrected chi connectivity index (χ2v) is 6.25. The minimum atomic E-state index is -1.11. The Balaban J connectivity index is 1.76. The molecule has 162 valence electrons. The van der Waals surface area contributed by atoms with Gasteiger partial charge in [-0.2, -0.15) is 9.49 Å². The second kappa shape index (κ2) is 9.24. The van der Waals surface area contributed by atoms with Crippen LogP contribution in [0.3, 0.4) is 0 Å². The van der Waals surface area contributed by atoms with Crippen molar-refractivity contribution in [2.24, 2.45) is 7.05 Å². The Hall–Kier alpha value is -3.96. The first kappa shape index (κ1) is 21.7. The van der Waals surface area contributed by atoms with Crippen LogP contribution >= 0.6 is 0 Å². The lowest BCUT2D eigenvalue weighted by molar-refractivity contribution is 0.0525. The maximum absolute atomic E-state index is 13.8. The summed E-state index contributed by atoms with van der Waals surface area (Å²) < 4.78 is 38.5. The zero-order valence-corrected chi connectivity index (χ0v) is 16.8. The highest BCUT2D eigenvalue weighted by Gasteiger charge is 2.21. The van der Waals surface area contributed by atoms with Crippen molar-refractivity contribution in [2.75, 3.05) is 11.9 Å². The van der Waals surface area contributed by atoms with Gasteiger partial charge >= 0.3 is 12.1 Å². The quantitative estimate of drug-likeness (QED) is 0.466. The zero-order valence-electron chi connectivity index (χ0n) is 16.8. The highest BCUT2D eigenvalue weighted by atomic mass is 19.1. The normalized spacial score (nSPS) is 11.6. The number of carbonyl (C=O) groups excluding carboxylic acids is 2. The minimum absolute atomic E-state index is 0.169. The molecule has 1 amide bonds. The number of halogens is 2. The molecule has 3 heterocycles. The number of pyridine rings is 1. The fraction of sp³-hybridized carbons (Fsp3) is 0.263. The van der Waals surface area contributed by atoms with Gasteiger partial charge in [-0.3, -0.25) is 10.00 Å². The fourth-order valence-corrected chi connectivity index (χ4v) is 2.61. The SMILES string of the molecule is CCOC(=O)c1cnc(-c2cnn(C)c2NC(=O)OC(C)c2cc(F)cnc2F)nc1. The highest BCUT2D eigenvalue weighted by Crippen LogP contribution is 2.26. The van der Waals surface area contributed by atoms with Crippen molar-refractivity contribution in [2.45, 2.75) is 20.0 Å². The molecule has 0 saturated carbocycles. The van der Waals surface area contributed by atoms with E-state index in [9.17, 15) is 18.4 Å². The van der Waals surface area contributed by atoms with E-state index in [4.69, 9.17) is 9.47 Å². The number of amides is 1. The third-order valence-electron chi connectivity index (χ3n) is 4.12. The van der Waals surface area contributed by atoms with E-state index in [1.807, 2.05) is 0 Å². The Morgan fingerprint density at radius 1 is 1.16 bits per heavy atom. The Morgan fingerprint density at radius 2 is 1.87 bits per heavy atom. The molecule has 0 spiro atoms. The van der Waals surface area contributed by atoms with Crippen molar-refractivity contribution in [3.05, 3.63) is 53.7 Å². The van der Waals surface area contributed by atoms with Crippen LogP contribution in [-0.4, -0.2) is 43.4 Å². The van der Waals surface area contributed by atoms with Crippen molar-refractivity contribution >= 4 is 17.9 Å². The van der Waals surface area contributed by atoms with Gasteiger partial charge in [-0.15, -0.1) is 0 Å². The number of carbonyl (C=O) groups is 2. The van der Waals surface area contributed by atoms with E-state index in [0.29, 0.717) is 5.56 Å². The summed E-state index contributed by atoms with van der Waals surface area (Å²) in [4.78, 5) is 35.5. The topological polar surface area (TPSA) is 121 Å². The van der Waals surface area contributed by atoms with E-state index < -0.39 is 29.9 Å². The van der Waals surface area contributed by atoms with Crippen molar-refractivity contribution in [1.29, 1.82) is 0 Å². The molecular formula is C19H18F2N6O4. The van der Waals surface area contributed by atoms with E-state index in [1.54, 1.807) is 14.0 Å². The number of ether oxygens (including phenoxy) is 2. The molecule has 0 bridgehead atoms. The molecule has 3 rings (SSSR count). The van der Waals surface area contributed by atoms with Gasteiger partial charge in [-0.25, -0.2) is 28.9 Å². The van der Waals surface area contributed by atoms with Crippen LogP contribution in [0.5, 0.6) is 0 Å². The van der Waals surface area contributed by atoms with Crippen LogP contribution in [0, 0.1) is 11.8 Å². The monoisotopic (exact) mass is 432 g/mol. The van der Waals surface area contributed by atoms with Gasteiger partial charge in [0.1, 0.15) is 17.7 Å². The number of aryl methyl sites for hydroxylation is 1. The molecule has 31 heavy (non-hydrogen) atoms. The van der Waals surface area contributed by atoms with Crippen LogP contribution in [0.4, 0.5) is 19.4 Å². The molecule has 0 fully saturated rings. The average molecular weight is 432 g/mol. The van der Waals surface area contributed by atoms with Crippen LogP contribution in [0.15, 0.2) is 30.9 Å². The first-order chi connectivity index (χ1) is 14.8. The predicted octanol–water partition coefficient (Wildman–Crippen LogP) is 3.04. The summed E-state index contributed by atoms with van der Waals surface area (Å²) in [5, 5.41) is 6.53. The molecule has 12 heteroatoms. The maximum Gasteiger partial charge on any atom is 0.413 e. The molecule has 1 atom stereocenters.